The molecule has 29 heavy (non-hydrogen) atoms. The van der Waals surface area contributed by atoms with Crippen LogP contribution in [0.4, 0.5) is 15.8 Å². The predicted octanol–water partition coefficient (Wildman–Crippen LogP) is 3.44. The van der Waals surface area contributed by atoms with Gasteiger partial charge in [-0.3, -0.25) is 19.8 Å². The lowest BCUT2D eigenvalue weighted by Crippen LogP contribution is -2.46. The Balaban J connectivity index is 0.00000300. The Morgan fingerprint density at radius 2 is 2.14 bits per heavy atom. The van der Waals surface area contributed by atoms with Gasteiger partial charge in [0.2, 0.25) is 5.91 Å². The van der Waals surface area contributed by atoms with Crippen molar-refractivity contribution in [3.05, 3.63) is 69.5 Å². The third-order valence-electron chi connectivity index (χ3n) is 4.91. The Hall–Kier alpha value is -2.55. The number of amides is 1. The first-order chi connectivity index (χ1) is 13.4. The van der Waals surface area contributed by atoms with E-state index in [1.807, 2.05) is 6.07 Å². The molecule has 1 aliphatic heterocycles. The highest BCUT2D eigenvalue weighted by Gasteiger charge is 2.24. The van der Waals surface area contributed by atoms with Crippen molar-refractivity contribution in [2.75, 3.05) is 31.5 Å². The van der Waals surface area contributed by atoms with Crippen LogP contribution < -0.4 is 10.6 Å². The number of benzene rings is 2. The van der Waals surface area contributed by atoms with Crippen molar-refractivity contribution >= 4 is 29.7 Å². The van der Waals surface area contributed by atoms with Crippen LogP contribution in [0, 0.1) is 22.9 Å². The number of nitrogens with zero attached hydrogens (tertiary/aromatic N) is 2. The van der Waals surface area contributed by atoms with Crippen LogP contribution in [-0.2, 0) is 4.79 Å². The number of carbonyl (C=O) groups is 1. The minimum atomic E-state index is -0.463. The van der Waals surface area contributed by atoms with Crippen LogP contribution in [0.3, 0.4) is 0 Å². The topological polar surface area (TPSA) is 87.5 Å². The first-order valence-corrected chi connectivity index (χ1v) is 9.19. The van der Waals surface area contributed by atoms with Gasteiger partial charge in [-0.15, -0.1) is 12.4 Å². The molecule has 1 atom stereocenters. The largest absolute Gasteiger partial charge is 0.326 e. The molecule has 2 N–H and O–H groups in total. The van der Waals surface area contributed by atoms with Crippen molar-refractivity contribution in [2.24, 2.45) is 0 Å². The Labute approximate surface area is 174 Å². The monoisotopic (exact) mass is 422 g/mol. The summed E-state index contributed by atoms with van der Waals surface area (Å²) in [7, 11) is 0. The average Bonchev–Trinajstić information content (AvgIpc) is 2.68. The fraction of sp³-hybridized carbons (Fsp3) is 0.350. The highest BCUT2D eigenvalue weighted by molar-refractivity contribution is 5.91. The number of rotatable bonds is 6. The van der Waals surface area contributed by atoms with E-state index in [1.165, 1.54) is 24.3 Å². The molecule has 1 amide bonds. The molecule has 0 bridgehead atoms. The van der Waals surface area contributed by atoms with Crippen LogP contribution in [0.1, 0.15) is 23.6 Å². The molecule has 3 rings (SSSR count). The quantitative estimate of drug-likeness (QED) is 0.550. The summed E-state index contributed by atoms with van der Waals surface area (Å²) in [5.41, 5.74) is 2.09. The molecule has 0 spiro atoms. The fourth-order valence-corrected chi connectivity index (χ4v) is 3.42. The summed E-state index contributed by atoms with van der Waals surface area (Å²) in [6.45, 7) is 4.55. The van der Waals surface area contributed by atoms with Crippen LogP contribution in [-0.4, -0.2) is 41.9 Å². The number of hydrogen-bond acceptors (Lipinski definition) is 5. The van der Waals surface area contributed by atoms with Crippen LogP contribution in [0.15, 0.2) is 42.5 Å². The molecular formula is C20H24ClFN4O3. The molecule has 9 heteroatoms. The summed E-state index contributed by atoms with van der Waals surface area (Å²) >= 11 is 0. The highest BCUT2D eigenvalue weighted by atomic mass is 35.5. The summed E-state index contributed by atoms with van der Waals surface area (Å²) < 4.78 is 13.6. The molecule has 156 valence electrons. The normalized spacial score (nSPS) is 16.7. The number of hydrogen-bond donors (Lipinski definition) is 2. The number of piperazine rings is 1. The maximum absolute atomic E-state index is 13.6. The second kappa shape index (κ2) is 10.3. The summed E-state index contributed by atoms with van der Waals surface area (Å²) in [4.78, 5) is 24.9. The lowest BCUT2D eigenvalue weighted by atomic mass is 10.0. The third kappa shape index (κ3) is 5.96. The van der Waals surface area contributed by atoms with Gasteiger partial charge in [0, 0.05) is 56.5 Å². The van der Waals surface area contributed by atoms with E-state index in [1.54, 1.807) is 19.1 Å². The van der Waals surface area contributed by atoms with E-state index in [0.717, 1.165) is 18.7 Å². The molecule has 1 unspecified atom stereocenters. The van der Waals surface area contributed by atoms with Gasteiger partial charge in [0.05, 0.1) is 4.92 Å². The Kier molecular flexibility index (Phi) is 8.07. The number of nitrogens with one attached hydrogen (secondary N) is 2. The van der Waals surface area contributed by atoms with Gasteiger partial charge in [-0.2, -0.15) is 0 Å². The molecule has 0 radical (unpaired) electrons. The predicted molar refractivity (Wildman–Crippen MR) is 112 cm³/mol. The molecule has 0 aliphatic carbocycles. The maximum atomic E-state index is 13.6. The van der Waals surface area contributed by atoms with Gasteiger partial charge in [0.25, 0.3) is 5.69 Å². The zero-order chi connectivity index (χ0) is 20.1. The zero-order valence-corrected chi connectivity index (χ0v) is 16.9. The second-order valence-corrected chi connectivity index (χ2v) is 6.87. The molecule has 1 aliphatic rings. The number of anilines is 1. The summed E-state index contributed by atoms with van der Waals surface area (Å²) in [6, 6.07) is 10.9. The second-order valence-electron chi connectivity index (χ2n) is 6.87. The fourth-order valence-electron chi connectivity index (χ4n) is 3.42. The first-order valence-electron chi connectivity index (χ1n) is 9.19. The molecule has 1 fully saturated rings. The number of nitro benzene ring substituents is 1. The Bertz CT molecular complexity index is 881. The van der Waals surface area contributed by atoms with Crippen LogP contribution in [0.25, 0.3) is 0 Å². The number of halogens is 2. The minimum Gasteiger partial charge on any atom is -0.326 e. The van der Waals surface area contributed by atoms with Crippen LogP contribution in [0.2, 0.25) is 0 Å². The molecule has 1 heterocycles. The van der Waals surface area contributed by atoms with Crippen molar-refractivity contribution in [2.45, 2.75) is 19.4 Å². The van der Waals surface area contributed by atoms with E-state index < -0.39 is 4.92 Å². The standard InChI is InChI=1S/C20H23FN4O3.ClH/c1-14-11-17(25(27)28)5-6-18(14)23-20(26)7-9-24-10-8-22-13-19(24)15-3-2-4-16(21)12-15;/h2-6,11-12,19,22H,7-10,13H2,1H3,(H,23,26);1H. The molecule has 2 aromatic carbocycles. The maximum Gasteiger partial charge on any atom is 0.269 e. The van der Waals surface area contributed by atoms with Crippen molar-refractivity contribution in [3.63, 3.8) is 0 Å². The van der Waals surface area contributed by atoms with Crippen molar-refractivity contribution in [1.82, 2.24) is 10.2 Å². The van der Waals surface area contributed by atoms with Gasteiger partial charge in [-0.25, -0.2) is 4.39 Å². The van der Waals surface area contributed by atoms with E-state index in [2.05, 4.69) is 15.5 Å². The van der Waals surface area contributed by atoms with Crippen molar-refractivity contribution < 1.29 is 14.1 Å². The molecule has 0 aromatic heterocycles. The summed E-state index contributed by atoms with van der Waals surface area (Å²) in [6.07, 6.45) is 0.280. The van der Waals surface area contributed by atoms with Gasteiger partial charge in [0.15, 0.2) is 0 Å². The van der Waals surface area contributed by atoms with Crippen LogP contribution >= 0.6 is 12.4 Å². The summed E-state index contributed by atoms with van der Waals surface area (Å²) in [5, 5.41) is 16.9. The van der Waals surface area contributed by atoms with Crippen molar-refractivity contribution in [1.29, 1.82) is 0 Å². The number of non-ortho nitro benzene ring substituents is 1. The van der Waals surface area contributed by atoms with E-state index in [-0.39, 0.29) is 42.3 Å². The first kappa shape index (κ1) is 22.7. The Morgan fingerprint density at radius 1 is 1.34 bits per heavy atom. The van der Waals surface area contributed by atoms with E-state index in [4.69, 9.17) is 0 Å². The van der Waals surface area contributed by atoms with E-state index >= 15 is 0 Å². The third-order valence-corrected chi connectivity index (χ3v) is 4.91. The lowest BCUT2D eigenvalue weighted by Gasteiger charge is -2.36. The molecule has 1 saturated heterocycles. The van der Waals surface area contributed by atoms with Gasteiger partial charge >= 0.3 is 0 Å². The van der Waals surface area contributed by atoms with Crippen LogP contribution in [0.5, 0.6) is 0 Å². The summed E-state index contributed by atoms with van der Waals surface area (Å²) in [5.74, 6) is -0.428. The zero-order valence-electron chi connectivity index (χ0n) is 16.1. The van der Waals surface area contributed by atoms with E-state index in [0.29, 0.717) is 24.3 Å². The molecular weight excluding hydrogens is 399 g/mol. The highest BCUT2D eigenvalue weighted by Crippen LogP contribution is 2.24. The SMILES string of the molecule is Cc1cc([N+](=O)[O-])ccc1NC(=O)CCN1CCNCC1c1cccc(F)c1.Cl. The van der Waals surface area contributed by atoms with Gasteiger partial charge in [-0.05, 0) is 36.2 Å². The number of aryl methyl sites for hydroxylation is 1. The van der Waals surface area contributed by atoms with Gasteiger partial charge < -0.3 is 10.6 Å². The minimum absolute atomic E-state index is 0. The van der Waals surface area contributed by atoms with Gasteiger partial charge in [-0.1, -0.05) is 12.1 Å². The molecule has 2 aromatic rings. The van der Waals surface area contributed by atoms with Crippen molar-refractivity contribution in [3.8, 4) is 0 Å². The average molecular weight is 423 g/mol. The molecule has 0 saturated carbocycles. The van der Waals surface area contributed by atoms with Gasteiger partial charge in [0.1, 0.15) is 5.82 Å². The Morgan fingerprint density at radius 3 is 2.83 bits per heavy atom. The lowest BCUT2D eigenvalue weighted by molar-refractivity contribution is -0.384. The molecule has 7 nitrogen and oxygen atoms in total. The van der Waals surface area contributed by atoms with E-state index in [9.17, 15) is 19.3 Å². The smallest absolute Gasteiger partial charge is 0.269 e. The number of carbonyl (C=O) groups excluding carboxylic acids is 1. The number of nitro groups is 1.